The van der Waals surface area contributed by atoms with Crippen molar-refractivity contribution in [3.63, 3.8) is 0 Å². The van der Waals surface area contributed by atoms with E-state index < -0.39 is 0 Å². The van der Waals surface area contributed by atoms with Gasteiger partial charge in [0.25, 0.3) is 0 Å². The van der Waals surface area contributed by atoms with Crippen LogP contribution in [-0.4, -0.2) is 18.6 Å². The Morgan fingerprint density at radius 2 is 1.79 bits per heavy atom. The minimum atomic E-state index is 0.520. The molecular weight excluding hydrogens is 250 g/mol. The fraction of sp³-hybridized carbons (Fsp3) is 0.647. The number of rotatable bonds is 10. The minimum absolute atomic E-state index is 0.520. The third kappa shape index (κ3) is 6.49. The molecule has 1 atom stereocenters. The molecule has 1 N–H and O–H groups in total. The van der Waals surface area contributed by atoms with Gasteiger partial charge in [0.1, 0.15) is 0 Å². The summed E-state index contributed by atoms with van der Waals surface area (Å²) in [5, 5.41) is 3.69. The minimum Gasteiger partial charge on any atom is -0.310 e. The van der Waals surface area contributed by atoms with Gasteiger partial charge in [-0.3, -0.25) is 0 Å². The van der Waals surface area contributed by atoms with E-state index in [0.717, 1.165) is 19.4 Å². The molecular formula is C17H29NS. The maximum Gasteiger partial charge on any atom is 0.0317 e. The lowest BCUT2D eigenvalue weighted by Gasteiger charge is -2.17. The van der Waals surface area contributed by atoms with Crippen molar-refractivity contribution in [1.29, 1.82) is 0 Å². The molecule has 0 amide bonds. The third-order valence-corrected chi connectivity index (χ3v) is 4.31. The van der Waals surface area contributed by atoms with Crippen LogP contribution in [0.4, 0.5) is 0 Å². The molecule has 0 aliphatic carbocycles. The van der Waals surface area contributed by atoms with Crippen LogP contribution in [0.5, 0.6) is 0 Å². The van der Waals surface area contributed by atoms with Gasteiger partial charge in [-0.15, -0.1) is 0 Å². The molecule has 0 aliphatic heterocycles. The Bertz CT molecular complexity index is 321. The zero-order valence-corrected chi connectivity index (χ0v) is 13.6. The molecule has 1 unspecified atom stereocenters. The molecule has 108 valence electrons. The van der Waals surface area contributed by atoms with Crippen molar-refractivity contribution in [3.05, 3.63) is 35.4 Å². The molecule has 0 fully saturated rings. The number of benzene rings is 1. The van der Waals surface area contributed by atoms with Crippen LogP contribution in [0.2, 0.25) is 0 Å². The van der Waals surface area contributed by atoms with Crippen molar-refractivity contribution < 1.29 is 0 Å². The molecule has 0 aromatic heterocycles. The Kier molecular flexibility index (Phi) is 9.02. The molecule has 1 nitrogen and oxygen atoms in total. The molecule has 0 saturated carbocycles. The summed E-state index contributed by atoms with van der Waals surface area (Å²) in [5.41, 5.74) is 2.86. The van der Waals surface area contributed by atoms with Gasteiger partial charge >= 0.3 is 0 Å². The second-order valence-corrected chi connectivity index (χ2v) is 6.05. The normalized spacial score (nSPS) is 12.6. The summed E-state index contributed by atoms with van der Waals surface area (Å²) >= 11 is 1.95. The van der Waals surface area contributed by atoms with E-state index in [1.807, 2.05) is 11.8 Å². The second-order valence-electron chi connectivity index (χ2n) is 5.06. The summed E-state index contributed by atoms with van der Waals surface area (Å²) in [4.78, 5) is 0. The number of aryl methyl sites for hydroxylation is 1. The van der Waals surface area contributed by atoms with Gasteiger partial charge in [-0.1, -0.05) is 44.5 Å². The summed E-state index contributed by atoms with van der Waals surface area (Å²) in [5.74, 6) is 1.30. The van der Waals surface area contributed by atoms with Crippen molar-refractivity contribution in [2.45, 2.75) is 52.0 Å². The largest absolute Gasteiger partial charge is 0.310 e. The molecule has 0 bridgehead atoms. The van der Waals surface area contributed by atoms with Crippen LogP contribution in [0, 0.1) is 0 Å². The fourth-order valence-electron chi connectivity index (χ4n) is 2.31. The lowest BCUT2D eigenvalue weighted by Crippen LogP contribution is -2.21. The van der Waals surface area contributed by atoms with Gasteiger partial charge in [-0.25, -0.2) is 0 Å². The molecule has 1 aromatic carbocycles. The quantitative estimate of drug-likeness (QED) is 0.616. The molecule has 0 spiro atoms. The van der Waals surface area contributed by atoms with E-state index in [1.54, 1.807) is 0 Å². The first-order valence-electron chi connectivity index (χ1n) is 7.63. The highest BCUT2D eigenvalue weighted by Gasteiger charge is 2.07. The Morgan fingerprint density at radius 3 is 2.37 bits per heavy atom. The standard InChI is InChI=1S/C17H29NS/c1-4-15-9-11-16(12-10-15)17(5-2)18-13-7-6-8-14-19-3/h9-12,17-18H,4-8,13-14H2,1-3H3. The van der Waals surface area contributed by atoms with E-state index in [0.29, 0.717) is 6.04 Å². The molecule has 1 rings (SSSR count). The number of hydrogen-bond acceptors (Lipinski definition) is 2. The highest BCUT2D eigenvalue weighted by Crippen LogP contribution is 2.17. The van der Waals surface area contributed by atoms with Crippen molar-refractivity contribution >= 4 is 11.8 Å². The molecule has 1 aromatic rings. The van der Waals surface area contributed by atoms with Gasteiger partial charge in [0.15, 0.2) is 0 Å². The summed E-state index contributed by atoms with van der Waals surface area (Å²) in [6.07, 6.45) is 8.47. The van der Waals surface area contributed by atoms with E-state index in [1.165, 1.54) is 36.1 Å². The average Bonchev–Trinajstić information content (AvgIpc) is 2.47. The van der Waals surface area contributed by atoms with Gasteiger partial charge in [-0.2, -0.15) is 11.8 Å². The molecule has 0 heterocycles. The first kappa shape index (κ1) is 16.6. The SMILES string of the molecule is CCc1ccc(C(CC)NCCCCCSC)cc1. The van der Waals surface area contributed by atoms with Crippen LogP contribution in [0.1, 0.15) is 56.7 Å². The lowest BCUT2D eigenvalue weighted by atomic mass is 10.0. The van der Waals surface area contributed by atoms with Crippen LogP contribution in [0.25, 0.3) is 0 Å². The van der Waals surface area contributed by atoms with Crippen LogP contribution < -0.4 is 5.32 Å². The highest BCUT2D eigenvalue weighted by atomic mass is 32.2. The highest BCUT2D eigenvalue weighted by molar-refractivity contribution is 7.98. The Balaban J connectivity index is 2.31. The van der Waals surface area contributed by atoms with E-state index in [2.05, 4.69) is 49.7 Å². The summed E-state index contributed by atoms with van der Waals surface area (Å²) in [7, 11) is 0. The van der Waals surface area contributed by atoms with Crippen LogP contribution in [0.15, 0.2) is 24.3 Å². The van der Waals surface area contributed by atoms with Crippen LogP contribution >= 0.6 is 11.8 Å². The van der Waals surface area contributed by atoms with Gasteiger partial charge < -0.3 is 5.32 Å². The van der Waals surface area contributed by atoms with E-state index in [4.69, 9.17) is 0 Å². The van der Waals surface area contributed by atoms with Crippen molar-refractivity contribution in [3.8, 4) is 0 Å². The smallest absolute Gasteiger partial charge is 0.0317 e. The Labute approximate surface area is 123 Å². The number of nitrogens with one attached hydrogen (secondary N) is 1. The molecule has 19 heavy (non-hydrogen) atoms. The maximum absolute atomic E-state index is 3.69. The molecule has 2 heteroatoms. The number of hydrogen-bond donors (Lipinski definition) is 1. The summed E-state index contributed by atoms with van der Waals surface area (Å²) < 4.78 is 0. The zero-order chi connectivity index (χ0) is 13.9. The number of unbranched alkanes of at least 4 members (excludes halogenated alkanes) is 2. The summed E-state index contributed by atoms with van der Waals surface area (Å²) in [6.45, 7) is 5.61. The summed E-state index contributed by atoms with van der Waals surface area (Å²) in [6, 6.07) is 9.61. The van der Waals surface area contributed by atoms with E-state index in [9.17, 15) is 0 Å². The topological polar surface area (TPSA) is 12.0 Å². The predicted molar refractivity (Wildman–Crippen MR) is 89.1 cm³/mol. The van der Waals surface area contributed by atoms with Gasteiger partial charge in [-0.05, 0) is 55.4 Å². The molecule has 0 saturated heterocycles. The molecule has 0 radical (unpaired) electrons. The fourth-order valence-corrected chi connectivity index (χ4v) is 2.80. The van der Waals surface area contributed by atoms with E-state index in [-0.39, 0.29) is 0 Å². The van der Waals surface area contributed by atoms with Crippen LogP contribution in [-0.2, 0) is 6.42 Å². The Hall–Kier alpha value is -0.470. The lowest BCUT2D eigenvalue weighted by molar-refractivity contribution is 0.502. The van der Waals surface area contributed by atoms with Crippen molar-refractivity contribution in [1.82, 2.24) is 5.32 Å². The van der Waals surface area contributed by atoms with Gasteiger partial charge in [0.05, 0.1) is 0 Å². The van der Waals surface area contributed by atoms with Crippen LogP contribution in [0.3, 0.4) is 0 Å². The maximum atomic E-state index is 3.69. The zero-order valence-electron chi connectivity index (χ0n) is 12.7. The first-order chi connectivity index (χ1) is 9.31. The molecule has 0 aliphatic rings. The predicted octanol–water partition coefficient (Wildman–Crippen LogP) is 4.82. The van der Waals surface area contributed by atoms with Gasteiger partial charge in [0.2, 0.25) is 0 Å². The monoisotopic (exact) mass is 279 g/mol. The Morgan fingerprint density at radius 1 is 1.05 bits per heavy atom. The first-order valence-corrected chi connectivity index (χ1v) is 9.02. The average molecular weight is 279 g/mol. The van der Waals surface area contributed by atoms with Crippen molar-refractivity contribution in [2.75, 3.05) is 18.6 Å². The van der Waals surface area contributed by atoms with Gasteiger partial charge in [0, 0.05) is 6.04 Å². The third-order valence-electron chi connectivity index (χ3n) is 3.61. The van der Waals surface area contributed by atoms with E-state index >= 15 is 0 Å². The second kappa shape index (κ2) is 10.3. The number of thioether (sulfide) groups is 1. The van der Waals surface area contributed by atoms with Crippen molar-refractivity contribution in [2.24, 2.45) is 0 Å².